The Bertz CT molecular complexity index is 662. The molecular weight excluding hydrogens is 334 g/mol. The molecule has 2 nitrogen and oxygen atoms in total. The molecule has 102 valence electrons. The third kappa shape index (κ3) is 2.86. The monoisotopic (exact) mass is 347 g/mol. The maximum atomic E-state index is 12.2. The molecule has 3 rings (SSSR count). The van der Waals surface area contributed by atoms with Crippen molar-refractivity contribution in [3.63, 3.8) is 0 Å². The normalized spacial score (nSPS) is 14.6. The van der Waals surface area contributed by atoms with E-state index < -0.39 is 0 Å². The molecule has 0 fully saturated rings. The van der Waals surface area contributed by atoms with E-state index >= 15 is 0 Å². The number of halogens is 1. The Kier molecular flexibility index (Phi) is 4.03. The van der Waals surface area contributed by atoms with Crippen molar-refractivity contribution in [2.45, 2.75) is 13.0 Å². The molecular formula is C16H14BrNOS. The Morgan fingerprint density at radius 3 is 3.00 bits per heavy atom. The van der Waals surface area contributed by atoms with Crippen LogP contribution in [-0.2, 0) is 17.8 Å². The first kappa shape index (κ1) is 13.6. The Labute approximate surface area is 130 Å². The highest BCUT2D eigenvalue weighted by Gasteiger charge is 2.19. The third-order valence-electron chi connectivity index (χ3n) is 3.43. The molecule has 0 saturated carbocycles. The summed E-state index contributed by atoms with van der Waals surface area (Å²) >= 11 is 5.27. The lowest BCUT2D eigenvalue weighted by atomic mass is 10.1. The minimum absolute atomic E-state index is 0.0811. The Balaban J connectivity index is 1.70. The fourth-order valence-corrected chi connectivity index (χ4v) is 3.62. The van der Waals surface area contributed by atoms with Crippen LogP contribution in [0.4, 0.5) is 0 Å². The zero-order chi connectivity index (χ0) is 13.9. The molecule has 0 radical (unpaired) electrons. The summed E-state index contributed by atoms with van der Waals surface area (Å²) in [5, 5.41) is 2.11. The first-order valence-corrected chi connectivity index (χ1v) is 8.18. The Morgan fingerprint density at radius 2 is 2.15 bits per heavy atom. The van der Waals surface area contributed by atoms with Gasteiger partial charge in [-0.15, -0.1) is 11.3 Å². The minimum atomic E-state index is 0.0811. The number of rotatable bonds is 2. The lowest BCUT2D eigenvalue weighted by Gasteiger charge is -2.25. The van der Waals surface area contributed by atoms with Crippen LogP contribution >= 0.6 is 27.3 Å². The molecule has 2 heterocycles. The van der Waals surface area contributed by atoms with E-state index in [1.807, 2.05) is 35.2 Å². The molecule has 0 spiro atoms. The van der Waals surface area contributed by atoms with Crippen LogP contribution in [0.3, 0.4) is 0 Å². The molecule has 1 aliphatic rings. The predicted octanol–water partition coefficient (Wildman–Crippen LogP) is 4.11. The fraction of sp³-hybridized carbons (Fsp3) is 0.188. The quantitative estimate of drug-likeness (QED) is 0.748. The Hall–Kier alpha value is -1.39. The largest absolute Gasteiger partial charge is 0.334 e. The summed E-state index contributed by atoms with van der Waals surface area (Å²) in [4.78, 5) is 15.6. The standard InChI is InChI=1S/C16H14BrNOS/c17-14-4-2-1-3-12(14)5-6-16(19)18-9-7-15-13(11-18)8-10-20-15/h1-6,8,10H,7,9,11H2/b6-5+. The number of benzene rings is 1. The summed E-state index contributed by atoms with van der Waals surface area (Å²) in [7, 11) is 0. The van der Waals surface area contributed by atoms with Crippen molar-refractivity contribution in [2.75, 3.05) is 6.54 Å². The zero-order valence-electron chi connectivity index (χ0n) is 10.9. The molecule has 0 unspecified atom stereocenters. The summed E-state index contributed by atoms with van der Waals surface area (Å²) in [6.45, 7) is 1.55. The topological polar surface area (TPSA) is 20.3 Å². The van der Waals surface area contributed by atoms with Crippen molar-refractivity contribution < 1.29 is 4.79 Å². The predicted molar refractivity (Wildman–Crippen MR) is 86.6 cm³/mol. The van der Waals surface area contributed by atoms with Gasteiger partial charge in [-0.2, -0.15) is 0 Å². The van der Waals surface area contributed by atoms with Crippen molar-refractivity contribution in [1.82, 2.24) is 4.90 Å². The molecule has 0 N–H and O–H groups in total. The van der Waals surface area contributed by atoms with E-state index in [0.717, 1.165) is 29.5 Å². The van der Waals surface area contributed by atoms with Gasteiger partial charge in [0.25, 0.3) is 0 Å². The van der Waals surface area contributed by atoms with E-state index in [-0.39, 0.29) is 5.91 Å². The number of hydrogen-bond donors (Lipinski definition) is 0. The molecule has 0 bridgehead atoms. The van der Waals surface area contributed by atoms with Crippen LogP contribution in [0.15, 0.2) is 46.3 Å². The van der Waals surface area contributed by atoms with Crippen LogP contribution in [0.5, 0.6) is 0 Å². The molecule has 2 aromatic rings. The SMILES string of the molecule is O=C(/C=C/c1ccccc1Br)N1CCc2sccc2C1. The van der Waals surface area contributed by atoms with Crippen molar-refractivity contribution in [3.8, 4) is 0 Å². The van der Waals surface area contributed by atoms with Crippen LogP contribution in [0.25, 0.3) is 6.08 Å². The Morgan fingerprint density at radius 1 is 1.30 bits per heavy atom. The third-order valence-corrected chi connectivity index (χ3v) is 5.18. The molecule has 4 heteroatoms. The van der Waals surface area contributed by atoms with Gasteiger partial charge >= 0.3 is 0 Å². The van der Waals surface area contributed by atoms with Crippen LogP contribution in [0, 0.1) is 0 Å². The van der Waals surface area contributed by atoms with Crippen LogP contribution < -0.4 is 0 Å². The molecule has 0 saturated heterocycles. The molecule has 1 aromatic heterocycles. The van der Waals surface area contributed by atoms with Gasteiger partial charge < -0.3 is 4.90 Å². The smallest absolute Gasteiger partial charge is 0.246 e. The highest BCUT2D eigenvalue weighted by Crippen LogP contribution is 2.24. The fourth-order valence-electron chi connectivity index (χ4n) is 2.31. The number of hydrogen-bond acceptors (Lipinski definition) is 2. The molecule has 1 amide bonds. The van der Waals surface area contributed by atoms with E-state index in [1.165, 1.54) is 10.4 Å². The lowest BCUT2D eigenvalue weighted by molar-refractivity contribution is -0.126. The first-order valence-electron chi connectivity index (χ1n) is 6.51. The highest BCUT2D eigenvalue weighted by atomic mass is 79.9. The molecule has 1 aromatic carbocycles. The second-order valence-electron chi connectivity index (χ2n) is 4.73. The van der Waals surface area contributed by atoms with E-state index in [2.05, 4.69) is 27.4 Å². The van der Waals surface area contributed by atoms with Crippen LogP contribution in [0.2, 0.25) is 0 Å². The zero-order valence-corrected chi connectivity index (χ0v) is 13.3. The van der Waals surface area contributed by atoms with Gasteiger partial charge in [-0.3, -0.25) is 4.79 Å². The second-order valence-corrected chi connectivity index (χ2v) is 6.59. The van der Waals surface area contributed by atoms with E-state index in [1.54, 1.807) is 17.4 Å². The number of carbonyl (C=O) groups excluding carboxylic acids is 1. The number of fused-ring (bicyclic) bond motifs is 1. The van der Waals surface area contributed by atoms with Gasteiger partial charge in [-0.25, -0.2) is 0 Å². The second kappa shape index (κ2) is 5.94. The molecule has 0 aliphatic carbocycles. The van der Waals surface area contributed by atoms with E-state index in [9.17, 15) is 4.79 Å². The van der Waals surface area contributed by atoms with Gasteiger partial charge in [-0.05, 0) is 41.1 Å². The van der Waals surface area contributed by atoms with Crippen LogP contribution in [-0.4, -0.2) is 17.4 Å². The van der Waals surface area contributed by atoms with Crippen LogP contribution in [0.1, 0.15) is 16.0 Å². The van der Waals surface area contributed by atoms with Gasteiger partial charge in [0.2, 0.25) is 5.91 Å². The number of carbonyl (C=O) groups is 1. The number of nitrogens with zero attached hydrogens (tertiary/aromatic N) is 1. The van der Waals surface area contributed by atoms with Gasteiger partial charge in [0.15, 0.2) is 0 Å². The molecule has 0 atom stereocenters. The van der Waals surface area contributed by atoms with Gasteiger partial charge in [0.05, 0.1) is 0 Å². The van der Waals surface area contributed by atoms with E-state index in [0.29, 0.717) is 0 Å². The maximum absolute atomic E-state index is 12.2. The van der Waals surface area contributed by atoms with E-state index in [4.69, 9.17) is 0 Å². The minimum Gasteiger partial charge on any atom is -0.334 e. The average molecular weight is 348 g/mol. The highest BCUT2D eigenvalue weighted by molar-refractivity contribution is 9.10. The molecule has 20 heavy (non-hydrogen) atoms. The lowest BCUT2D eigenvalue weighted by Crippen LogP contribution is -2.34. The van der Waals surface area contributed by atoms with Gasteiger partial charge in [0.1, 0.15) is 0 Å². The first-order chi connectivity index (χ1) is 9.74. The summed E-state index contributed by atoms with van der Waals surface area (Å²) in [6.07, 6.45) is 4.51. The van der Waals surface area contributed by atoms with Crippen molar-refractivity contribution in [2.24, 2.45) is 0 Å². The summed E-state index contributed by atoms with van der Waals surface area (Å²) in [5.41, 5.74) is 2.32. The number of thiophene rings is 1. The number of amides is 1. The van der Waals surface area contributed by atoms with Crippen molar-refractivity contribution in [1.29, 1.82) is 0 Å². The molecule has 1 aliphatic heterocycles. The summed E-state index contributed by atoms with van der Waals surface area (Å²) < 4.78 is 1.00. The van der Waals surface area contributed by atoms with Gasteiger partial charge in [0, 0.05) is 28.5 Å². The van der Waals surface area contributed by atoms with Crippen molar-refractivity contribution in [3.05, 3.63) is 62.3 Å². The van der Waals surface area contributed by atoms with Gasteiger partial charge in [-0.1, -0.05) is 34.1 Å². The van der Waals surface area contributed by atoms with Crippen molar-refractivity contribution >= 4 is 39.2 Å². The summed E-state index contributed by atoms with van der Waals surface area (Å²) in [5.74, 6) is 0.0811. The maximum Gasteiger partial charge on any atom is 0.246 e. The average Bonchev–Trinajstić information content (AvgIpc) is 2.93. The summed E-state index contributed by atoms with van der Waals surface area (Å²) in [6, 6.07) is 10.0.